The fraction of sp³-hybridized carbons (Fsp3) is 0.700. The standard InChI is InChI=1S/C40H66O7S2/c1-15-16-17-39(11,12)29-21-25(20-28(38(8,9)10)35(29)47-23-31(43)34(46)33(45)30(42)22-41)49-40(13,14)48-24-18-26(36(2,3)4)32(44)27(19-24)37(5,6)7/h18-21,30-31,33-34,41-46H,15-17,22-23H2,1-14H3/t30-,31+,33+,34+/m0/s1. The van der Waals surface area contributed by atoms with E-state index in [0.717, 1.165) is 51.3 Å². The first kappa shape index (κ1) is 43.7. The molecule has 2 aromatic carbocycles. The van der Waals surface area contributed by atoms with Crippen molar-refractivity contribution in [2.24, 2.45) is 0 Å². The van der Waals surface area contributed by atoms with Gasteiger partial charge in [0.25, 0.3) is 0 Å². The molecule has 0 radical (unpaired) electrons. The average Bonchev–Trinajstić information content (AvgIpc) is 2.96. The molecule has 7 nitrogen and oxygen atoms in total. The Balaban J connectivity index is 2.66. The predicted octanol–water partition coefficient (Wildman–Crippen LogP) is 8.19. The quantitative estimate of drug-likeness (QED) is 0.0796. The molecule has 0 heterocycles. The molecule has 0 bridgehead atoms. The van der Waals surface area contributed by atoms with Crippen LogP contribution in [0.4, 0.5) is 0 Å². The summed E-state index contributed by atoms with van der Waals surface area (Å²) in [6, 6.07) is 8.61. The van der Waals surface area contributed by atoms with Gasteiger partial charge in [0.1, 0.15) is 42.5 Å². The molecule has 4 atom stereocenters. The van der Waals surface area contributed by atoms with Crippen molar-refractivity contribution in [3.63, 3.8) is 0 Å². The van der Waals surface area contributed by atoms with Gasteiger partial charge in [-0.2, -0.15) is 0 Å². The fourth-order valence-corrected chi connectivity index (χ4v) is 8.45. The van der Waals surface area contributed by atoms with E-state index < -0.39 is 31.0 Å². The predicted molar refractivity (Wildman–Crippen MR) is 206 cm³/mol. The molecule has 2 rings (SSSR count). The number of hydrogen-bond donors (Lipinski definition) is 6. The Kier molecular flexibility index (Phi) is 14.7. The van der Waals surface area contributed by atoms with Crippen LogP contribution in [-0.2, 0) is 21.7 Å². The highest BCUT2D eigenvalue weighted by molar-refractivity contribution is 8.18. The molecule has 0 unspecified atom stereocenters. The Morgan fingerprint density at radius 2 is 1.04 bits per heavy atom. The smallest absolute Gasteiger partial charge is 0.126 e. The molecular formula is C40H66O7S2. The van der Waals surface area contributed by atoms with Crippen molar-refractivity contribution in [1.82, 2.24) is 0 Å². The molecular weight excluding hydrogens is 657 g/mol. The number of unbranched alkanes of at least 4 members (excludes halogenated alkanes) is 1. The highest BCUT2D eigenvalue weighted by Crippen LogP contribution is 2.51. The zero-order chi connectivity index (χ0) is 37.9. The zero-order valence-electron chi connectivity index (χ0n) is 32.6. The zero-order valence-corrected chi connectivity index (χ0v) is 34.2. The van der Waals surface area contributed by atoms with Crippen LogP contribution >= 0.6 is 23.5 Å². The van der Waals surface area contributed by atoms with E-state index in [1.165, 1.54) is 0 Å². The minimum atomic E-state index is -1.72. The summed E-state index contributed by atoms with van der Waals surface area (Å²) in [4.78, 5) is 2.19. The van der Waals surface area contributed by atoms with E-state index in [2.05, 4.69) is 121 Å². The van der Waals surface area contributed by atoms with Crippen LogP contribution < -0.4 is 4.74 Å². The number of rotatable bonds is 15. The van der Waals surface area contributed by atoms with E-state index in [4.69, 9.17) is 4.74 Å². The Bertz CT molecular complexity index is 1350. The van der Waals surface area contributed by atoms with Crippen LogP contribution in [0, 0.1) is 0 Å². The number of aliphatic hydroxyl groups excluding tert-OH is 5. The third-order valence-corrected chi connectivity index (χ3v) is 11.3. The number of hydrogen-bond acceptors (Lipinski definition) is 9. The maximum Gasteiger partial charge on any atom is 0.126 e. The minimum Gasteiger partial charge on any atom is -0.507 e. The first-order valence-electron chi connectivity index (χ1n) is 17.6. The Morgan fingerprint density at radius 3 is 1.45 bits per heavy atom. The van der Waals surface area contributed by atoms with Crippen LogP contribution in [0.3, 0.4) is 0 Å². The Hall–Kier alpha value is -1.46. The van der Waals surface area contributed by atoms with Gasteiger partial charge in [-0.15, -0.1) is 23.5 Å². The average molecular weight is 723 g/mol. The van der Waals surface area contributed by atoms with E-state index in [9.17, 15) is 30.6 Å². The van der Waals surface area contributed by atoms with Gasteiger partial charge in [-0.3, -0.25) is 0 Å². The van der Waals surface area contributed by atoms with Crippen LogP contribution in [0.2, 0.25) is 0 Å². The number of phenolic OH excluding ortho intramolecular Hbond substituents is 1. The summed E-state index contributed by atoms with van der Waals surface area (Å²) in [5.74, 6) is 1.02. The normalized spacial score (nSPS) is 16.0. The van der Waals surface area contributed by atoms with Crippen LogP contribution in [-0.4, -0.2) is 72.3 Å². The third kappa shape index (κ3) is 11.8. The molecule has 0 saturated carbocycles. The van der Waals surface area contributed by atoms with Gasteiger partial charge in [-0.1, -0.05) is 95.9 Å². The van der Waals surface area contributed by atoms with Gasteiger partial charge in [-0.05, 0) is 66.2 Å². The second-order valence-corrected chi connectivity index (χ2v) is 21.3. The second kappa shape index (κ2) is 16.5. The van der Waals surface area contributed by atoms with Crippen LogP contribution in [0.5, 0.6) is 11.5 Å². The lowest BCUT2D eigenvalue weighted by Crippen LogP contribution is -2.47. The molecule has 0 aliphatic heterocycles. The lowest BCUT2D eigenvalue weighted by Gasteiger charge is -2.35. The molecule has 0 aliphatic rings. The van der Waals surface area contributed by atoms with Gasteiger partial charge in [0.05, 0.1) is 10.7 Å². The lowest BCUT2D eigenvalue weighted by molar-refractivity contribution is -0.121. The van der Waals surface area contributed by atoms with Gasteiger partial charge >= 0.3 is 0 Å². The van der Waals surface area contributed by atoms with E-state index in [0.29, 0.717) is 11.5 Å². The summed E-state index contributed by atoms with van der Waals surface area (Å²) in [5, 5.41) is 61.8. The molecule has 0 aliphatic carbocycles. The number of thioether (sulfide) groups is 2. The van der Waals surface area contributed by atoms with Crippen molar-refractivity contribution in [2.45, 2.75) is 176 Å². The second-order valence-electron chi connectivity index (χ2n) is 17.7. The number of aliphatic hydroxyl groups is 5. The Labute approximate surface area is 305 Å². The van der Waals surface area contributed by atoms with Gasteiger partial charge in [0.15, 0.2) is 0 Å². The van der Waals surface area contributed by atoms with E-state index in [-0.39, 0.29) is 32.3 Å². The molecule has 2 aromatic rings. The molecule has 0 amide bonds. The molecule has 9 heteroatoms. The lowest BCUT2D eigenvalue weighted by atomic mass is 9.76. The van der Waals surface area contributed by atoms with Gasteiger partial charge < -0.3 is 35.4 Å². The topological polar surface area (TPSA) is 131 Å². The summed E-state index contributed by atoms with van der Waals surface area (Å²) < 4.78 is 6.09. The van der Waals surface area contributed by atoms with Crippen LogP contribution in [0.1, 0.15) is 138 Å². The maximum atomic E-state index is 11.3. The summed E-state index contributed by atoms with van der Waals surface area (Å²) >= 11 is 3.55. The fourth-order valence-electron chi connectivity index (χ4n) is 5.86. The van der Waals surface area contributed by atoms with E-state index in [1.54, 1.807) is 23.5 Å². The monoisotopic (exact) mass is 722 g/mol. The van der Waals surface area contributed by atoms with Crippen molar-refractivity contribution in [2.75, 3.05) is 13.2 Å². The molecule has 280 valence electrons. The SMILES string of the molecule is CCCCC(C)(C)c1cc(SC(C)(C)Sc2cc(C(C)(C)C)c(O)c(C(C)(C)C)c2)cc(C(C)(C)C)c1OC[C@@H](O)[C@@H](O)[C@H](O)[C@@H](O)CO. The summed E-state index contributed by atoms with van der Waals surface area (Å²) in [6.45, 7) is 29.1. The molecule has 0 spiro atoms. The largest absolute Gasteiger partial charge is 0.507 e. The number of aromatic hydroxyl groups is 1. The molecule has 0 saturated heterocycles. The summed E-state index contributed by atoms with van der Waals surface area (Å²) in [7, 11) is 0. The summed E-state index contributed by atoms with van der Waals surface area (Å²) in [5.41, 5.74) is 2.76. The molecule has 49 heavy (non-hydrogen) atoms. The highest BCUT2D eigenvalue weighted by atomic mass is 32.2. The van der Waals surface area contributed by atoms with Crippen LogP contribution in [0.25, 0.3) is 0 Å². The molecule has 6 N–H and O–H groups in total. The van der Waals surface area contributed by atoms with E-state index >= 15 is 0 Å². The van der Waals surface area contributed by atoms with Gasteiger partial charge in [0.2, 0.25) is 0 Å². The van der Waals surface area contributed by atoms with Crippen molar-refractivity contribution < 1.29 is 35.4 Å². The number of ether oxygens (including phenoxy) is 1. The van der Waals surface area contributed by atoms with Gasteiger partial charge in [-0.25, -0.2) is 0 Å². The Morgan fingerprint density at radius 1 is 0.633 bits per heavy atom. The van der Waals surface area contributed by atoms with Crippen molar-refractivity contribution in [3.8, 4) is 11.5 Å². The number of benzene rings is 2. The van der Waals surface area contributed by atoms with Crippen molar-refractivity contribution >= 4 is 23.5 Å². The van der Waals surface area contributed by atoms with Crippen molar-refractivity contribution in [1.29, 1.82) is 0 Å². The van der Waals surface area contributed by atoms with Gasteiger partial charge in [0, 0.05) is 32.0 Å². The maximum absolute atomic E-state index is 11.3. The first-order chi connectivity index (χ1) is 22.2. The van der Waals surface area contributed by atoms with Crippen molar-refractivity contribution in [3.05, 3.63) is 46.5 Å². The summed E-state index contributed by atoms with van der Waals surface area (Å²) in [6.07, 6.45) is -3.53. The van der Waals surface area contributed by atoms with Crippen LogP contribution in [0.15, 0.2) is 34.1 Å². The first-order valence-corrected chi connectivity index (χ1v) is 19.2. The minimum absolute atomic E-state index is 0.227. The van der Waals surface area contributed by atoms with E-state index in [1.807, 2.05) is 0 Å². The molecule has 0 aromatic heterocycles. The third-order valence-electron chi connectivity index (χ3n) is 8.91. The molecule has 0 fully saturated rings. The highest BCUT2D eigenvalue weighted by Gasteiger charge is 2.35. The number of phenols is 1.